The summed E-state index contributed by atoms with van der Waals surface area (Å²) in [6, 6.07) is 0. The van der Waals surface area contributed by atoms with E-state index in [9.17, 15) is 24.6 Å². The van der Waals surface area contributed by atoms with E-state index in [1.165, 1.54) is 0 Å². The van der Waals surface area contributed by atoms with Crippen molar-refractivity contribution in [2.24, 2.45) is 11.8 Å². The van der Waals surface area contributed by atoms with Gasteiger partial charge < -0.3 is 10.2 Å². The molecule has 0 spiro atoms. The SMILES string of the molecule is CC(C)=CC[C@@H]1C(=O)C(C(=O)CCC(C)C)=C(O)[C@@](O)(CC=C(C)C)C1=O. The molecule has 0 bridgehead atoms. The molecule has 27 heavy (non-hydrogen) atoms. The highest BCUT2D eigenvalue weighted by atomic mass is 16.3. The molecule has 0 heterocycles. The Bertz CT molecular complexity index is 700. The smallest absolute Gasteiger partial charge is 0.184 e. The maximum atomic E-state index is 12.9. The Morgan fingerprint density at radius 3 is 2.15 bits per heavy atom. The summed E-state index contributed by atoms with van der Waals surface area (Å²) in [6.45, 7) is 11.2. The standard InChI is InChI=1S/C22H32O5/c1-13(2)7-9-16-19(24)18(17(23)10-8-14(3)4)21(26)22(27,20(16)25)12-11-15(5)6/h7,11,14,16,26-27H,8-10,12H2,1-6H3/t16-,22-/m1/s1. The molecule has 0 fully saturated rings. The van der Waals surface area contributed by atoms with Gasteiger partial charge in [0.05, 0.1) is 5.92 Å². The second-order valence-corrected chi connectivity index (χ2v) is 8.22. The molecule has 0 aliphatic heterocycles. The molecule has 2 atom stereocenters. The van der Waals surface area contributed by atoms with Gasteiger partial charge in [0.15, 0.2) is 23.0 Å². The molecule has 2 N–H and O–H groups in total. The van der Waals surface area contributed by atoms with Gasteiger partial charge in [-0.2, -0.15) is 0 Å². The minimum absolute atomic E-state index is 0.0884. The lowest BCUT2D eigenvalue weighted by atomic mass is 9.71. The van der Waals surface area contributed by atoms with E-state index in [1.807, 2.05) is 27.7 Å². The predicted octanol–water partition coefficient (Wildman–Crippen LogP) is 4.02. The number of Topliss-reactive ketones (excluding diaryl/α,β-unsaturated/α-hetero) is 3. The monoisotopic (exact) mass is 376 g/mol. The van der Waals surface area contributed by atoms with Gasteiger partial charge in [0.2, 0.25) is 0 Å². The molecule has 0 amide bonds. The van der Waals surface area contributed by atoms with E-state index in [-0.39, 0.29) is 25.2 Å². The number of carbonyl (C=O) groups excluding carboxylic acids is 3. The minimum atomic E-state index is -2.24. The fourth-order valence-corrected chi connectivity index (χ4v) is 2.95. The zero-order chi connectivity index (χ0) is 20.9. The Balaban J connectivity index is 3.44. The Morgan fingerprint density at radius 1 is 1.11 bits per heavy atom. The molecular weight excluding hydrogens is 344 g/mol. The first-order chi connectivity index (χ1) is 12.4. The number of carbonyl (C=O) groups is 3. The third-order valence-corrected chi connectivity index (χ3v) is 4.71. The molecule has 150 valence electrons. The molecule has 0 saturated carbocycles. The summed E-state index contributed by atoms with van der Waals surface area (Å²) < 4.78 is 0. The van der Waals surface area contributed by atoms with Gasteiger partial charge in [-0.25, -0.2) is 0 Å². The third-order valence-electron chi connectivity index (χ3n) is 4.71. The highest BCUT2D eigenvalue weighted by Crippen LogP contribution is 2.36. The van der Waals surface area contributed by atoms with Crippen LogP contribution in [-0.2, 0) is 14.4 Å². The second kappa shape index (κ2) is 9.27. The minimum Gasteiger partial charge on any atom is -0.508 e. The highest BCUT2D eigenvalue weighted by molar-refractivity contribution is 6.29. The maximum Gasteiger partial charge on any atom is 0.184 e. The van der Waals surface area contributed by atoms with Crippen LogP contribution in [0.2, 0.25) is 0 Å². The lowest BCUT2D eigenvalue weighted by Crippen LogP contribution is -2.52. The Morgan fingerprint density at radius 2 is 1.67 bits per heavy atom. The fraction of sp³-hybridized carbons (Fsp3) is 0.591. The summed E-state index contributed by atoms with van der Waals surface area (Å²) in [5, 5.41) is 21.6. The van der Waals surface area contributed by atoms with Crippen molar-refractivity contribution in [2.45, 2.75) is 72.8 Å². The molecule has 0 unspecified atom stereocenters. The summed E-state index contributed by atoms with van der Waals surface area (Å²) in [5.74, 6) is -3.66. The average Bonchev–Trinajstić information content (AvgIpc) is 2.56. The van der Waals surface area contributed by atoms with Crippen molar-refractivity contribution in [1.29, 1.82) is 0 Å². The van der Waals surface area contributed by atoms with Gasteiger partial charge in [0.25, 0.3) is 0 Å². The van der Waals surface area contributed by atoms with Crippen molar-refractivity contribution in [3.8, 4) is 0 Å². The largest absolute Gasteiger partial charge is 0.508 e. The van der Waals surface area contributed by atoms with Crippen LogP contribution in [0.5, 0.6) is 0 Å². The number of hydrogen-bond donors (Lipinski definition) is 2. The lowest BCUT2D eigenvalue weighted by Gasteiger charge is -2.34. The van der Waals surface area contributed by atoms with Gasteiger partial charge in [-0.1, -0.05) is 37.1 Å². The van der Waals surface area contributed by atoms with Crippen LogP contribution in [0.15, 0.2) is 34.6 Å². The van der Waals surface area contributed by atoms with Gasteiger partial charge in [0, 0.05) is 12.8 Å². The van der Waals surface area contributed by atoms with Gasteiger partial charge in [-0.05, 0) is 46.5 Å². The zero-order valence-electron chi connectivity index (χ0n) is 17.3. The Hall–Kier alpha value is -2.01. The first-order valence-corrected chi connectivity index (χ1v) is 9.46. The Labute approximate surface area is 161 Å². The molecule has 5 heteroatoms. The highest BCUT2D eigenvalue weighted by Gasteiger charge is 2.53. The van der Waals surface area contributed by atoms with E-state index in [0.29, 0.717) is 6.42 Å². The van der Waals surface area contributed by atoms with Crippen LogP contribution in [0, 0.1) is 11.8 Å². The Kier molecular flexibility index (Phi) is 7.90. The normalized spacial score (nSPS) is 22.9. The van der Waals surface area contributed by atoms with Crippen molar-refractivity contribution in [2.75, 3.05) is 0 Å². The third kappa shape index (κ3) is 5.48. The van der Waals surface area contributed by atoms with E-state index in [0.717, 1.165) is 11.1 Å². The number of aliphatic hydroxyl groups excluding tert-OH is 1. The molecule has 0 aromatic heterocycles. The van der Waals surface area contributed by atoms with Crippen molar-refractivity contribution >= 4 is 17.3 Å². The van der Waals surface area contributed by atoms with Crippen molar-refractivity contribution in [3.63, 3.8) is 0 Å². The summed E-state index contributed by atoms with van der Waals surface area (Å²) in [6.07, 6.45) is 3.94. The van der Waals surface area contributed by atoms with Crippen molar-refractivity contribution in [1.82, 2.24) is 0 Å². The summed E-state index contributed by atoms with van der Waals surface area (Å²) in [5.41, 5.74) is -0.870. The van der Waals surface area contributed by atoms with E-state index < -0.39 is 40.2 Å². The molecule has 0 saturated heterocycles. The number of ketones is 3. The zero-order valence-corrected chi connectivity index (χ0v) is 17.3. The van der Waals surface area contributed by atoms with Crippen LogP contribution in [0.25, 0.3) is 0 Å². The van der Waals surface area contributed by atoms with Crippen LogP contribution in [-0.4, -0.2) is 33.2 Å². The first-order valence-electron chi connectivity index (χ1n) is 9.46. The van der Waals surface area contributed by atoms with Gasteiger partial charge in [-0.15, -0.1) is 0 Å². The summed E-state index contributed by atoms with van der Waals surface area (Å²) in [7, 11) is 0. The molecular formula is C22H32O5. The van der Waals surface area contributed by atoms with Crippen LogP contribution >= 0.6 is 0 Å². The maximum absolute atomic E-state index is 12.9. The lowest BCUT2D eigenvalue weighted by molar-refractivity contribution is -0.147. The predicted molar refractivity (Wildman–Crippen MR) is 105 cm³/mol. The van der Waals surface area contributed by atoms with E-state index in [1.54, 1.807) is 26.0 Å². The van der Waals surface area contributed by atoms with Crippen molar-refractivity contribution < 1.29 is 24.6 Å². The molecule has 1 aliphatic rings. The molecule has 0 aromatic rings. The number of aliphatic hydroxyl groups is 2. The molecule has 1 aliphatic carbocycles. The van der Waals surface area contributed by atoms with E-state index in [4.69, 9.17) is 0 Å². The molecule has 0 aromatic carbocycles. The summed E-state index contributed by atoms with van der Waals surface area (Å²) in [4.78, 5) is 38.4. The topological polar surface area (TPSA) is 91.7 Å². The molecule has 0 radical (unpaired) electrons. The fourth-order valence-electron chi connectivity index (χ4n) is 2.95. The van der Waals surface area contributed by atoms with Crippen LogP contribution < -0.4 is 0 Å². The van der Waals surface area contributed by atoms with E-state index in [2.05, 4.69) is 0 Å². The van der Waals surface area contributed by atoms with Crippen LogP contribution in [0.3, 0.4) is 0 Å². The molecule has 5 nitrogen and oxygen atoms in total. The van der Waals surface area contributed by atoms with Crippen LogP contribution in [0.1, 0.15) is 67.2 Å². The molecule has 1 rings (SSSR count). The number of allylic oxidation sites excluding steroid dienone is 4. The second-order valence-electron chi connectivity index (χ2n) is 8.22. The quantitative estimate of drug-likeness (QED) is 0.379. The average molecular weight is 376 g/mol. The first kappa shape index (κ1) is 23.0. The van der Waals surface area contributed by atoms with Gasteiger partial charge >= 0.3 is 0 Å². The summed E-state index contributed by atoms with van der Waals surface area (Å²) >= 11 is 0. The number of hydrogen-bond acceptors (Lipinski definition) is 5. The van der Waals surface area contributed by atoms with Gasteiger partial charge in [0.1, 0.15) is 11.3 Å². The van der Waals surface area contributed by atoms with E-state index >= 15 is 0 Å². The van der Waals surface area contributed by atoms with Gasteiger partial charge in [-0.3, -0.25) is 14.4 Å². The number of rotatable bonds is 8. The van der Waals surface area contributed by atoms with Crippen molar-refractivity contribution in [3.05, 3.63) is 34.6 Å². The van der Waals surface area contributed by atoms with Crippen LogP contribution in [0.4, 0.5) is 0 Å².